The van der Waals surface area contributed by atoms with Crippen LogP contribution in [-0.2, 0) is 22.6 Å². The fraction of sp³-hybridized carbons (Fsp3) is 0.276. The first-order valence-electron chi connectivity index (χ1n) is 12.1. The van der Waals surface area contributed by atoms with Gasteiger partial charge in [-0.05, 0) is 55.2 Å². The van der Waals surface area contributed by atoms with Crippen LogP contribution in [0.4, 0.5) is 5.69 Å². The van der Waals surface area contributed by atoms with Crippen molar-refractivity contribution in [3.63, 3.8) is 0 Å². The Morgan fingerprint density at radius 1 is 0.971 bits per heavy atom. The summed E-state index contributed by atoms with van der Waals surface area (Å²) in [5.41, 5.74) is 3.91. The lowest BCUT2D eigenvalue weighted by atomic mass is 9.93. The van der Waals surface area contributed by atoms with Gasteiger partial charge in [0, 0.05) is 44.1 Å². The summed E-state index contributed by atoms with van der Waals surface area (Å²) in [6.45, 7) is 6.22. The lowest BCUT2D eigenvalue weighted by Gasteiger charge is -2.28. The Morgan fingerprint density at radius 2 is 1.66 bits per heavy atom. The Morgan fingerprint density at radius 3 is 2.29 bits per heavy atom. The quantitative estimate of drug-likeness (QED) is 0.451. The summed E-state index contributed by atoms with van der Waals surface area (Å²) in [6.07, 6.45) is 4.12. The van der Waals surface area contributed by atoms with Crippen molar-refractivity contribution in [2.24, 2.45) is 0 Å². The van der Waals surface area contributed by atoms with Crippen LogP contribution in [-0.4, -0.2) is 39.8 Å². The van der Waals surface area contributed by atoms with Crippen molar-refractivity contribution in [3.8, 4) is 0 Å². The number of aliphatic hydroxyl groups is 1. The van der Waals surface area contributed by atoms with Gasteiger partial charge in [-0.3, -0.25) is 14.6 Å². The molecule has 0 saturated carbocycles. The Kier molecular flexibility index (Phi) is 7.60. The van der Waals surface area contributed by atoms with E-state index in [1.807, 2.05) is 66.7 Å². The van der Waals surface area contributed by atoms with E-state index >= 15 is 0 Å². The number of carbonyl (C=O) groups excluding carboxylic acids is 2. The van der Waals surface area contributed by atoms with E-state index in [4.69, 9.17) is 0 Å². The molecule has 1 aliphatic rings. The second-order valence-corrected chi connectivity index (χ2v) is 8.63. The maximum absolute atomic E-state index is 13.4. The van der Waals surface area contributed by atoms with Gasteiger partial charge in [-0.25, -0.2) is 0 Å². The van der Waals surface area contributed by atoms with Crippen molar-refractivity contribution < 1.29 is 14.7 Å². The van der Waals surface area contributed by atoms with E-state index in [1.165, 1.54) is 0 Å². The minimum atomic E-state index is -0.656. The van der Waals surface area contributed by atoms with Crippen molar-refractivity contribution in [2.75, 3.05) is 18.0 Å². The molecule has 0 bridgehead atoms. The number of rotatable bonds is 10. The van der Waals surface area contributed by atoms with Gasteiger partial charge in [0.25, 0.3) is 5.91 Å². The highest BCUT2D eigenvalue weighted by Crippen LogP contribution is 2.39. The number of amides is 1. The number of aryl methyl sites for hydroxylation is 1. The summed E-state index contributed by atoms with van der Waals surface area (Å²) < 4.78 is 0. The minimum absolute atomic E-state index is 0.172. The fourth-order valence-corrected chi connectivity index (χ4v) is 4.63. The smallest absolute Gasteiger partial charge is 0.290 e. The minimum Gasteiger partial charge on any atom is -0.503 e. The van der Waals surface area contributed by atoms with Crippen molar-refractivity contribution in [2.45, 2.75) is 39.3 Å². The van der Waals surface area contributed by atoms with E-state index in [1.54, 1.807) is 17.3 Å². The number of aliphatic hydroxyl groups excluding tert-OH is 1. The lowest BCUT2D eigenvalue weighted by Crippen LogP contribution is -2.31. The number of pyridine rings is 1. The molecule has 1 aliphatic heterocycles. The van der Waals surface area contributed by atoms with Crippen molar-refractivity contribution in [1.82, 2.24) is 9.88 Å². The van der Waals surface area contributed by atoms with Gasteiger partial charge in [0.2, 0.25) is 0 Å². The van der Waals surface area contributed by atoms with E-state index in [9.17, 15) is 14.7 Å². The molecule has 1 N–H and O–H groups in total. The summed E-state index contributed by atoms with van der Waals surface area (Å²) in [5, 5.41) is 10.9. The zero-order valence-electron chi connectivity index (χ0n) is 20.2. The molecule has 0 saturated heterocycles. The van der Waals surface area contributed by atoms with Crippen LogP contribution in [0.5, 0.6) is 0 Å². The van der Waals surface area contributed by atoms with Gasteiger partial charge in [0.05, 0.1) is 11.6 Å². The third kappa shape index (κ3) is 5.27. The van der Waals surface area contributed by atoms with Crippen LogP contribution in [0.15, 0.2) is 90.5 Å². The molecule has 0 spiro atoms. The Balaban J connectivity index is 1.67. The standard InChI is InChI=1S/C29H31N3O3/c1-3-31(4-2)24-15-13-23(14-16-24)27-26(25(33)17-12-21-9-6-5-7-10-21)28(34)29(35)32(27)20-22-11-8-18-30-19-22/h5-11,13-16,18-19,27,34H,3-4,12,17,20H2,1-2H3. The van der Waals surface area contributed by atoms with Crippen LogP contribution in [0.3, 0.4) is 0 Å². The van der Waals surface area contributed by atoms with Crippen LogP contribution in [0.25, 0.3) is 0 Å². The van der Waals surface area contributed by atoms with E-state index in [0.29, 0.717) is 6.42 Å². The molecule has 6 heteroatoms. The maximum atomic E-state index is 13.4. The maximum Gasteiger partial charge on any atom is 0.290 e. The first kappa shape index (κ1) is 24.2. The average Bonchev–Trinajstić information content (AvgIpc) is 3.14. The van der Waals surface area contributed by atoms with Gasteiger partial charge in [-0.15, -0.1) is 0 Å². The number of anilines is 1. The molecular formula is C29H31N3O3. The molecule has 1 amide bonds. The number of aromatic nitrogens is 1. The van der Waals surface area contributed by atoms with Crippen LogP contribution < -0.4 is 4.90 Å². The molecule has 180 valence electrons. The van der Waals surface area contributed by atoms with Gasteiger partial charge in [-0.1, -0.05) is 48.5 Å². The van der Waals surface area contributed by atoms with Crippen LogP contribution in [0.2, 0.25) is 0 Å². The van der Waals surface area contributed by atoms with Gasteiger partial charge >= 0.3 is 0 Å². The summed E-state index contributed by atoms with van der Waals surface area (Å²) in [6, 6.07) is 20.7. The predicted molar refractivity (Wildman–Crippen MR) is 137 cm³/mol. The number of benzene rings is 2. The molecule has 2 aromatic carbocycles. The topological polar surface area (TPSA) is 73.7 Å². The third-order valence-electron chi connectivity index (χ3n) is 6.50. The SMILES string of the molecule is CCN(CC)c1ccc(C2C(C(=O)CCc3ccccc3)=C(O)C(=O)N2Cc2cccnc2)cc1. The predicted octanol–water partition coefficient (Wildman–Crippen LogP) is 5.03. The molecule has 1 atom stereocenters. The molecule has 2 heterocycles. The number of ketones is 1. The van der Waals surface area contributed by atoms with Crippen molar-refractivity contribution >= 4 is 17.4 Å². The van der Waals surface area contributed by atoms with E-state index in [0.717, 1.165) is 35.5 Å². The van der Waals surface area contributed by atoms with Gasteiger partial charge in [0.15, 0.2) is 11.5 Å². The molecule has 0 aliphatic carbocycles. The number of hydrogen-bond acceptors (Lipinski definition) is 5. The highest BCUT2D eigenvalue weighted by molar-refractivity contribution is 6.09. The van der Waals surface area contributed by atoms with E-state index in [2.05, 4.69) is 23.7 Å². The van der Waals surface area contributed by atoms with E-state index < -0.39 is 17.7 Å². The first-order chi connectivity index (χ1) is 17.0. The molecule has 35 heavy (non-hydrogen) atoms. The summed E-state index contributed by atoms with van der Waals surface area (Å²) in [4.78, 5) is 34.5. The highest BCUT2D eigenvalue weighted by Gasteiger charge is 2.43. The zero-order chi connectivity index (χ0) is 24.8. The molecule has 0 radical (unpaired) electrons. The normalized spacial score (nSPS) is 15.5. The van der Waals surface area contributed by atoms with Gasteiger partial charge in [-0.2, -0.15) is 0 Å². The van der Waals surface area contributed by atoms with Crippen LogP contribution in [0, 0.1) is 0 Å². The Bertz CT molecular complexity index is 1190. The van der Waals surface area contributed by atoms with Gasteiger partial charge < -0.3 is 14.9 Å². The first-order valence-corrected chi connectivity index (χ1v) is 12.1. The monoisotopic (exact) mass is 469 g/mol. The van der Waals surface area contributed by atoms with Crippen molar-refractivity contribution in [3.05, 3.63) is 107 Å². The number of carbonyl (C=O) groups is 2. The molecule has 6 nitrogen and oxygen atoms in total. The second kappa shape index (κ2) is 11.0. The largest absolute Gasteiger partial charge is 0.503 e. The molecule has 4 rings (SSSR count). The molecule has 0 fully saturated rings. The second-order valence-electron chi connectivity index (χ2n) is 8.63. The average molecular weight is 470 g/mol. The van der Waals surface area contributed by atoms with E-state index in [-0.39, 0.29) is 24.3 Å². The molecule has 3 aromatic rings. The fourth-order valence-electron chi connectivity index (χ4n) is 4.63. The summed E-state index contributed by atoms with van der Waals surface area (Å²) in [5.74, 6) is -1.20. The summed E-state index contributed by atoms with van der Waals surface area (Å²) >= 11 is 0. The summed E-state index contributed by atoms with van der Waals surface area (Å²) in [7, 11) is 0. The van der Waals surface area contributed by atoms with Crippen LogP contribution in [0.1, 0.15) is 43.0 Å². The van der Waals surface area contributed by atoms with Crippen LogP contribution >= 0.6 is 0 Å². The molecular weight excluding hydrogens is 438 g/mol. The number of nitrogens with zero attached hydrogens (tertiary/aromatic N) is 3. The van der Waals surface area contributed by atoms with Gasteiger partial charge in [0.1, 0.15) is 0 Å². The third-order valence-corrected chi connectivity index (χ3v) is 6.50. The Labute approximate surface area is 206 Å². The number of hydrogen-bond donors (Lipinski definition) is 1. The Hall–Kier alpha value is -3.93. The molecule has 1 aromatic heterocycles. The lowest BCUT2D eigenvalue weighted by molar-refractivity contribution is -0.130. The van der Waals surface area contributed by atoms with Crippen molar-refractivity contribution in [1.29, 1.82) is 0 Å². The molecule has 1 unspecified atom stereocenters. The highest BCUT2D eigenvalue weighted by atomic mass is 16.3. The zero-order valence-corrected chi connectivity index (χ0v) is 20.2. The number of Topliss-reactive ketones (excluding diaryl/α,β-unsaturated/α-hetero) is 1.